The molecule has 0 aromatic heterocycles. The Labute approximate surface area is 115 Å². The Morgan fingerprint density at radius 3 is 2.05 bits per heavy atom. The van der Waals surface area contributed by atoms with E-state index in [-0.39, 0.29) is 12.5 Å². The smallest absolute Gasteiger partial charge is 0.0502 e. The molecule has 0 bridgehead atoms. The fourth-order valence-electron chi connectivity index (χ4n) is 2.79. The average Bonchev–Trinajstić information content (AvgIpc) is 2.39. The van der Waals surface area contributed by atoms with Crippen molar-refractivity contribution >= 4 is 0 Å². The third-order valence-corrected chi connectivity index (χ3v) is 3.78. The first-order valence-corrected chi connectivity index (χ1v) is 6.84. The lowest BCUT2D eigenvalue weighted by molar-refractivity contribution is 0.264. The largest absolute Gasteiger partial charge is 0.396 e. The Morgan fingerprint density at radius 1 is 0.947 bits per heavy atom. The lowest BCUT2D eigenvalue weighted by Crippen LogP contribution is -2.10. The van der Waals surface area contributed by atoms with Crippen molar-refractivity contribution in [2.75, 3.05) is 6.61 Å². The Hall–Kier alpha value is -1.60. The van der Waals surface area contributed by atoms with Gasteiger partial charge in [-0.15, -0.1) is 0 Å². The molecule has 2 aromatic rings. The molecule has 0 aliphatic carbocycles. The molecule has 100 valence electrons. The molecule has 0 heterocycles. The zero-order chi connectivity index (χ0) is 13.8. The van der Waals surface area contributed by atoms with Gasteiger partial charge in [-0.3, -0.25) is 0 Å². The van der Waals surface area contributed by atoms with Crippen molar-refractivity contribution in [2.24, 2.45) is 0 Å². The Kier molecular flexibility index (Phi) is 4.39. The van der Waals surface area contributed by atoms with Gasteiger partial charge in [0.15, 0.2) is 0 Å². The highest BCUT2D eigenvalue weighted by Crippen LogP contribution is 2.25. The predicted octanol–water partition coefficient (Wildman–Crippen LogP) is 3.93. The molecule has 2 aromatic carbocycles. The minimum Gasteiger partial charge on any atom is -0.396 e. The van der Waals surface area contributed by atoms with Crippen LogP contribution in [0.1, 0.15) is 33.7 Å². The third-order valence-electron chi connectivity index (χ3n) is 3.78. The van der Waals surface area contributed by atoms with Gasteiger partial charge in [0.2, 0.25) is 0 Å². The molecule has 0 aliphatic heterocycles. The summed E-state index contributed by atoms with van der Waals surface area (Å²) in [4.78, 5) is 0. The van der Waals surface area contributed by atoms with Gasteiger partial charge in [-0.1, -0.05) is 48.0 Å². The van der Waals surface area contributed by atoms with Crippen molar-refractivity contribution in [3.05, 3.63) is 70.3 Å². The van der Waals surface area contributed by atoms with Crippen LogP contribution in [0.5, 0.6) is 0 Å². The summed E-state index contributed by atoms with van der Waals surface area (Å²) in [7, 11) is 0. The SMILES string of the molecule is Cc1cc(C)c(CC(CO)c2ccccc2)c(C)c1. The maximum absolute atomic E-state index is 9.68. The highest BCUT2D eigenvalue weighted by Gasteiger charge is 2.14. The molecule has 1 N–H and O–H groups in total. The van der Waals surface area contributed by atoms with Gasteiger partial charge in [0.25, 0.3) is 0 Å². The van der Waals surface area contributed by atoms with E-state index in [4.69, 9.17) is 0 Å². The van der Waals surface area contributed by atoms with Gasteiger partial charge in [-0.05, 0) is 49.4 Å². The minimum atomic E-state index is 0.182. The molecule has 0 fully saturated rings. The van der Waals surface area contributed by atoms with Crippen LogP contribution in [0.25, 0.3) is 0 Å². The molecule has 1 atom stereocenters. The van der Waals surface area contributed by atoms with Gasteiger partial charge in [0.05, 0.1) is 6.61 Å². The highest BCUT2D eigenvalue weighted by molar-refractivity contribution is 5.39. The molecule has 0 aliphatic rings. The van der Waals surface area contributed by atoms with Gasteiger partial charge in [0, 0.05) is 5.92 Å². The highest BCUT2D eigenvalue weighted by atomic mass is 16.3. The van der Waals surface area contributed by atoms with E-state index < -0.39 is 0 Å². The van der Waals surface area contributed by atoms with Gasteiger partial charge in [0.1, 0.15) is 0 Å². The fourth-order valence-corrected chi connectivity index (χ4v) is 2.79. The summed E-state index contributed by atoms with van der Waals surface area (Å²) < 4.78 is 0. The Bertz CT molecular complexity index is 520. The first kappa shape index (κ1) is 13.8. The molecular formula is C18H22O. The predicted molar refractivity (Wildman–Crippen MR) is 80.6 cm³/mol. The molecule has 1 nitrogen and oxygen atoms in total. The second kappa shape index (κ2) is 6.03. The van der Waals surface area contributed by atoms with Crippen LogP contribution in [0.3, 0.4) is 0 Å². The molecule has 2 rings (SSSR count). The summed E-state index contributed by atoms with van der Waals surface area (Å²) in [6, 6.07) is 14.7. The standard InChI is InChI=1S/C18H22O/c1-13-9-14(2)18(15(3)10-13)11-17(12-19)16-7-5-4-6-8-16/h4-10,17,19H,11-12H2,1-3H3. The molecule has 0 radical (unpaired) electrons. The summed E-state index contributed by atoms with van der Waals surface area (Å²) in [6.07, 6.45) is 0.901. The number of aliphatic hydroxyl groups excluding tert-OH is 1. The Balaban J connectivity index is 2.29. The van der Waals surface area contributed by atoms with E-state index in [2.05, 4.69) is 45.0 Å². The molecule has 0 spiro atoms. The van der Waals surface area contributed by atoms with E-state index in [0.29, 0.717) is 0 Å². The van der Waals surface area contributed by atoms with Crippen LogP contribution in [-0.2, 0) is 6.42 Å². The maximum Gasteiger partial charge on any atom is 0.0502 e. The molecule has 0 amide bonds. The second-order valence-corrected chi connectivity index (χ2v) is 5.37. The van der Waals surface area contributed by atoms with E-state index in [1.54, 1.807) is 0 Å². The first-order valence-electron chi connectivity index (χ1n) is 6.84. The number of benzene rings is 2. The number of hydrogen-bond acceptors (Lipinski definition) is 1. The van der Waals surface area contributed by atoms with E-state index in [1.165, 1.54) is 27.8 Å². The summed E-state index contributed by atoms with van der Waals surface area (Å²) in [6.45, 7) is 6.64. The lowest BCUT2D eigenvalue weighted by atomic mass is 9.88. The van der Waals surface area contributed by atoms with Crippen LogP contribution < -0.4 is 0 Å². The normalized spacial score (nSPS) is 12.4. The van der Waals surface area contributed by atoms with E-state index in [1.807, 2.05) is 18.2 Å². The van der Waals surface area contributed by atoms with Gasteiger partial charge < -0.3 is 5.11 Å². The minimum absolute atomic E-state index is 0.182. The first-order chi connectivity index (χ1) is 9.11. The molecule has 0 saturated heterocycles. The van der Waals surface area contributed by atoms with Crippen LogP contribution in [-0.4, -0.2) is 11.7 Å². The molecule has 0 saturated carbocycles. The van der Waals surface area contributed by atoms with Crippen LogP contribution >= 0.6 is 0 Å². The second-order valence-electron chi connectivity index (χ2n) is 5.37. The number of rotatable bonds is 4. The van der Waals surface area contributed by atoms with E-state index in [9.17, 15) is 5.11 Å². The maximum atomic E-state index is 9.68. The summed E-state index contributed by atoms with van der Waals surface area (Å²) in [5.41, 5.74) is 6.54. The summed E-state index contributed by atoms with van der Waals surface area (Å²) >= 11 is 0. The van der Waals surface area contributed by atoms with Crippen LogP contribution in [0, 0.1) is 20.8 Å². The third kappa shape index (κ3) is 3.24. The zero-order valence-electron chi connectivity index (χ0n) is 12.0. The summed E-state index contributed by atoms with van der Waals surface area (Å²) in [5.74, 6) is 0.182. The van der Waals surface area contributed by atoms with Gasteiger partial charge in [-0.25, -0.2) is 0 Å². The monoisotopic (exact) mass is 254 g/mol. The van der Waals surface area contributed by atoms with Crippen LogP contribution in [0.2, 0.25) is 0 Å². The number of aryl methyl sites for hydroxylation is 3. The fraction of sp³-hybridized carbons (Fsp3) is 0.333. The average molecular weight is 254 g/mol. The van der Waals surface area contributed by atoms with Crippen LogP contribution in [0.15, 0.2) is 42.5 Å². The van der Waals surface area contributed by atoms with Gasteiger partial charge in [-0.2, -0.15) is 0 Å². The van der Waals surface area contributed by atoms with E-state index >= 15 is 0 Å². The quantitative estimate of drug-likeness (QED) is 0.876. The number of hydrogen-bond donors (Lipinski definition) is 1. The molecule has 1 unspecified atom stereocenters. The van der Waals surface area contributed by atoms with Crippen molar-refractivity contribution < 1.29 is 5.11 Å². The lowest BCUT2D eigenvalue weighted by Gasteiger charge is -2.18. The van der Waals surface area contributed by atoms with Gasteiger partial charge >= 0.3 is 0 Å². The van der Waals surface area contributed by atoms with Crippen molar-refractivity contribution in [1.29, 1.82) is 0 Å². The van der Waals surface area contributed by atoms with E-state index in [0.717, 1.165) is 6.42 Å². The topological polar surface area (TPSA) is 20.2 Å². The molecular weight excluding hydrogens is 232 g/mol. The van der Waals surface area contributed by atoms with Crippen molar-refractivity contribution in [1.82, 2.24) is 0 Å². The Morgan fingerprint density at radius 2 is 1.53 bits per heavy atom. The van der Waals surface area contributed by atoms with Crippen LogP contribution in [0.4, 0.5) is 0 Å². The number of aliphatic hydroxyl groups is 1. The molecule has 1 heteroatoms. The zero-order valence-corrected chi connectivity index (χ0v) is 12.0. The summed E-state index contributed by atoms with van der Waals surface area (Å²) in [5, 5.41) is 9.68. The van der Waals surface area contributed by atoms with Crippen molar-refractivity contribution in [3.63, 3.8) is 0 Å². The van der Waals surface area contributed by atoms with Crippen molar-refractivity contribution in [2.45, 2.75) is 33.1 Å². The molecule has 19 heavy (non-hydrogen) atoms. The van der Waals surface area contributed by atoms with Crippen molar-refractivity contribution in [3.8, 4) is 0 Å².